The van der Waals surface area contributed by atoms with Crippen molar-refractivity contribution in [2.24, 2.45) is 0 Å². The molecule has 0 fully saturated rings. The second kappa shape index (κ2) is 5.65. The van der Waals surface area contributed by atoms with Gasteiger partial charge in [0.2, 0.25) is 0 Å². The predicted molar refractivity (Wildman–Crippen MR) is 77.3 cm³/mol. The molecule has 22 heavy (non-hydrogen) atoms. The predicted octanol–water partition coefficient (Wildman–Crippen LogP) is 3.25. The van der Waals surface area contributed by atoms with Gasteiger partial charge in [0, 0.05) is 23.3 Å². The molecular weight excluding hydrogens is 287 g/mol. The third-order valence-corrected chi connectivity index (χ3v) is 2.99. The van der Waals surface area contributed by atoms with E-state index < -0.39 is 4.92 Å². The van der Waals surface area contributed by atoms with E-state index in [-0.39, 0.29) is 11.5 Å². The summed E-state index contributed by atoms with van der Waals surface area (Å²) in [5, 5.41) is 10.6. The Bertz CT molecular complexity index is 837. The number of hydrogen-bond acceptors (Lipinski definition) is 5. The maximum atomic E-state index is 13.3. The van der Waals surface area contributed by atoms with Crippen LogP contribution in [0.2, 0.25) is 0 Å². The maximum absolute atomic E-state index is 13.3. The van der Waals surface area contributed by atoms with Crippen molar-refractivity contribution >= 4 is 5.69 Å². The summed E-state index contributed by atoms with van der Waals surface area (Å²) in [6, 6.07) is 11.8. The molecule has 3 aromatic rings. The number of nitrogens with zero attached hydrogens (tertiary/aromatic N) is 4. The largest absolute Gasteiger partial charge is 0.269 e. The molecule has 0 atom stereocenters. The number of non-ortho nitro benzene ring substituents is 1. The molecule has 0 aliphatic heterocycles. The molecule has 2 aromatic carbocycles. The molecule has 1 aromatic heterocycles. The lowest BCUT2D eigenvalue weighted by molar-refractivity contribution is -0.384. The first-order chi connectivity index (χ1) is 10.6. The highest BCUT2D eigenvalue weighted by Crippen LogP contribution is 2.21. The minimum Gasteiger partial charge on any atom is -0.258 e. The van der Waals surface area contributed by atoms with E-state index in [0.29, 0.717) is 22.8 Å². The molecule has 0 N–H and O–H groups in total. The number of nitro benzene ring substituents is 1. The smallest absolute Gasteiger partial charge is 0.258 e. The van der Waals surface area contributed by atoms with Crippen LogP contribution in [0.5, 0.6) is 0 Å². The van der Waals surface area contributed by atoms with Crippen molar-refractivity contribution in [3.63, 3.8) is 0 Å². The van der Waals surface area contributed by atoms with E-state index in [2.05, 4.69) is 15.0 Å². The third-order valence-electron chi connectivity index (χ3n) is 2.99. The Hall–Kier alpha value is -3.22. The number of halogens is 1. The second-order valence-corrected chi connectivity index (χ2v) is 4.45. The van der Waals surface area contributed by atoms with Crippen LogP contribution in [0, 0.1) is 15.9 Å². The fraction of sp³-hybridized carbons (Fsp3) is 0. The van der Waals surface area contributed by atoms with E-state index >= 15 is 0 Å². The molecule has 0 spiro atoms. The Morgan fingerprint density at radius 3 is 2.27 bits per heavy atom. The first-order valence-corrected chi connectivity index (χ1v) is 6.33. The first kappa shape index (κ1) is 13.7. The summed E-state index contributed by atoms with van der Waals surface area (Å²) >= 11 is 0. The summed E-state index contributed by atoms with van der Waals surface area (Å²) in [5.74, 6) is 0.321. The second-order valence-electron chi connectivity index (χ2n) is 4.45. The molecule has 0 aliphatic carbocycles. The van der Waals surface area contributed by atoms with Crippen LogP contribution in [-0.2, 0) is 0 Å². The van der Waals surface area contributed by atoms with Gasteiger partial charge in [-0.05, 0) is 24.3 Å². The molecule has 6 nitrogen and oxygen atoms in total. The van der Waals surface area contributed by atoms with E-state index in [1.807, 2.05) is 0 Å². The standard InChI is InChI=1S/C15H9FN4O2/c16-12-3-1-2-11(8-12)15-18-9-17-14(19-15)10-4-6-13(7-5-10)20(21)22/h1-9H. The zero-order valence-corrected chi connectivity index (χ0v) is 11.2. The molecule has 0 bridgehead atoms. The van der Waals surface area contributed by atoms with Crippen molar-refractivity contribution in [1.29, 1.82) is 0 Å². The van der Waals surface area contributed by atoms with Crippen molar-refractivity contribution < 1.29 is 9.31 Å². The fourth-order valence-electron chi connectivity index (χ4n) is 1.93. The van der Waals surface area contributed by atoms with E-state index in [0.717, 1.165) is 0 Å². The molecule has 0 unspecified atom stereocenters. The molecule has 0 saturated heterocycles. The molecule has 0 amide bonds. The number of hydrogen-bond donors (Lipinski definition) is 0. The lowest BCUT2D eigenvalue weighted by atomic mass is 10.2. The number of benzene rings is 2. The number of rotatable bonds is 3. The molecule has 108 valence electrons. The zero-order valence-electron chi connectivity index (χ0n) is 11.2. The molecule has 1 heterocycles. The highest BCUT2D eigenvalue weighted by molar-refractivity contribution is 5.61. The lowest BCUT2D eigenvalue weighted by Crippen LogP contribution is -1.95. The van der Waals surface area contributed by atoms with Gasteiger partial charge in [-0.3, -0.25) is 10.1 Å². The van der Waals surface area contributed by atoms with Crippen molar-refractivity contribution in [3.05, 3.63) is 70.8 Å². The van der Waals surface area contributed by atoms with E-state index in [1.165, 1.54) is 30.6 Å². The summed E-state index contributed by atoms with van der Waals surface area (Å²) in [5.41, 5.74) is 1.14. The van der Waals surface area contributed by atoms with Gasteiger partial charge in [-0.25, -0.2) is 19.3 Å². The molecule has 3 rings (SSSR count). The van der Waals surface area contributed by atoms with Crippen molar-refractivity contribution in [2.45, 2.75) is 0 Å². The minimum absolute atomic E-state index is 0.0110. The van der Waals surface area contributed by atoms with Gasteiger partial charge in [0.15, 0.2) is 11.6 Å². The summed E-state index contributed by atoms with van der Waals surface area (Å²) in [6.45, 7) is 0. The normalized spacial score (nSPS) is 10.4. The SMILES string of the molecule is O=[N+]([O-])c1ccc(-c2ncnc(-c3cccc(F)c3)n2)cc1. The molecular formula is C15H9FN4O2. The van der Waals surface area contributed by atoms with Crippen LogP contribution >= 0.6 is 0 Å². The monoisotopic (exact) mass is 296 g/mol. The topological polar surface area (TPSA) is 81.8 Å². The Morgan fingerprint density at radius 1 is 0.955 bits per heavy atom. The Morgan fingerprint density at radius 2 is 1.64 bits per heavy atom. The summed E-state index contributed by atoms with van der Waals surface area (Å²) in [7, 11) is 0. The summed E-state index contributed by atoms with van der Waals surface area (Å²) in [6.07, 6.45) is 1.32. The number of aromatic nitrogens is 3. The van der Waals surface area contributed by atoms with Gasteiger partial charge < -0.3 is 0 Å². The van der Waals surface area contributed by atoms with Gasteiger partial charge in [0.05, 0.1) is 4.92 Å². The highest BCUT2D eigenvalue weighted by atomic mass is 19.1. The van der Waals surface area contributed by atoms with Crippen LogP contribution in [0.15, 0.2) is 54.9 Å². The van der Waals surface area contributed by atoms with Crippen LogP contribution in [0.25, 0.3) is 22.8 Å². The third kappa shape index (κ3) is 2.78. The van der Waals surface area contributed by atoms with Gasteiger partial charge in [-0.15, -0.1) is 0 Å². The Kier molecular flexibility index (Phi) is 3.53. The molecule has 0 saturated carbocycles. The first-order valence-electron chi connectivity index (χ1n) is 6.33. The van der Waals surface area contributed by atoms with E-state index in [9.17, 15) is 14.5 Å². The van der Waals surface area contributed by atoms with Crippen molar-refractivity contribution in [2.75, 3.05) is 0 Å². The van der Waals surface area contributed by atoms with E-state index in [4.69, 9.17) is 0 Å². The van der Waals surface area contributed by atoms with Crippen LogP contribution in [0.1, 0.15) is 0 Å². The average Bonchev–Trinajstić information content (AvgIpc) is 2.55. The van der Waals surface area contributed by atoms with Crippen molar-refractivity contribution in [1.82, 2.24) is 15.0 Å². The molecule has 0 aliphatic rings. The zero-order chi connectivity index (χ0) is 15.5. The average molecular weight is 296 g/mol. The van der Waals surface area contributed by atoms with Gasteiger partial charge in [-0.1, -0.05) is 12.1 Å². The highest BCUT2D eigenvalue weighted by Gasteiger charge is 2.09. The number of nitro groups is 1. The minimum atomic E-state index is -0.477. The summed E-state index contributed by atoms with van der Waals surface area (Å²) in [4.78, 5) is 22.5. The van der Waals surface area contributed by atoms with Crippen LogP contribution in [0.3, 0.4) is 0 Å². The van der Waals surface area contributed by atoms with Gasteiger partial charge in [0.25, 0.3) is 5.69 Å². The van der Waals surface area contributed by atoms with Crippen LogP contribution in [-0.4, -0.2) is 19.9 Å². The Balaban J connectivity index is 1.99. The maximum Gasteiger partial charge on any atom is 0.269 e. The van der Waals surface area contributed by atoms with Crippen LogP contribution < -0.4 is 0 Å². The molecule has 7 heteroatoms. The Labute approximate surface area is 124 Å². The van der Waals surface area contributed by atoms with Crippen molar-refractivity contribution in [3.8, 4) is 22.8 Å². The molecule has 0 radical (unpaired) electrons. The van der Waals surface area contributed by atoms with E-state index in [1.54, 1.807) is 24.3 Å². The lowest BCUT2D eigenvalue weighted by Gasteiger charge is -2.03. The van der Waals surface area contributed by atoms with Gasteiger partial charge in [-0.2, -0.15) is 0 Å². The summed E-state index contributed by atoms with van der Waals surface area (Å²) < 4.78 is 13.3. The van der Waals surface area contributed by atoms with Crippen LogP contribution in [0.4, 0.5) is 10.1 Å². The van der Waals surface area contributed by atoms with Gasteiger partial charge in [0.1, 0.15) is 12.1 Å². The fourth-order valence-corrected chi connectivity index (χ4v) is 1.93. The quantitative estimate of drug-likeness (QED) is 0.547. The van der Waals surface area contributed by atoms with Gasteiger partial charge >= 0.3 is 0 Å².